The third kappa shape index (κ3) is 2.28. The van der Waals surface area contributed by atoms with Gasteiger partial charge in [-0.25, -0.2) is 0 Å². The quantitative estimate of drug-likeness (QED) is 0.466. The van der Waals surface area contributed by atoms with Crippen LogP contribution >= 0.6 is 11.6 Å². The monoisotopic (exact) mass is 305 g/mol. The molecule has 106 valence electrons. The summed E-state index contributed by atoms with van der Waals surface area (Å²) >= 11 is 5.93. The van der Waals surface area contributed by atoms with E-state index in [0.29, 0.717) is 5.02 Å². The molecule has 0 spiro atoms. The van der Waals surface area contributed by atoms with Crippen molar-refractivity contribution >= 4 is 22.5 Å². The van der Waals surface area contributed by atoms with Crippen LogP contribution in [0.3, 0.4) is 0 Å². The van der Waals surface area contributed by atoms with Crippen LogP contribution < -0.4 is 0 Å². The summed E-state index contributed by atoms with van der Waals surface area (Å²) in [7, 11) is 0. The van der Waals surface area contributed by atoms with Gasteiger partial charge in [0.25, 0.3) is 0 Å². The van der Waals surface area contributed by atoms with Gasteiger partial charge < -0.3 is 4.52 Å². The first-order valence-electron chi connectivity index (χ1n) is 7.02. The van der Waals surface area contributed by atoms with E-state index in [1.165, 1.54) is 5.56 Å². The maximum absolute atomic E-state index is 5.93. The first-order chi connectivity index (χ1) is 10.8. The van der Waals surface area contributed by atoms with Gasteiger partial charge in [-0.1, -0.05) is 53.2 Å². The number of benzene rings is 3. The topological polar surface area (TPSA) is 26.0 Å². The minimum atomic E-state index is 0.707. The molecule has 0 saturated carbocycles. The van der Waals surface area contributed by atoms with E-state index >= 15 is 0 Å². The molecule has 22 heavy (non-hydrogen) atoms. The van der Waals surface area contributed by atoms with Gasteiger partial charge >= 0.3 is 0 Å². The van der Waals surface area contributed by atoms with Crippen LogP contribution in [0.4, 0.5) is 0 Å². The second kappa shape index (κ2) is 5.32. The third-order valence-corrected chi connectivity index (χ3v) is 3.94. The standard InChI is InChI=1S/C19H12ClNO/c20-16-9-6-14(7-10-16)19-17-11-8-15(12-18(17)21-22-19)13-4-2-1-3-5-13/h1-12H. The molecule has 0 unspecified atom stereocenters. The Balaban J connectivity index is 1.82. The van der Waals surface area contributed by atoms with Gasteiger partial charge in [0.15, 0.2) is 5.76 Å². The number of hydrogen-bond acceptors (Lipinski definition) is 2. The average molecular weight is 306 g/mol. The summed E-state index contributed by atoms with van der Waals surface area (Å²) in [4.78, 5) is 0. The Morgan fingerprint density at radius 1 is 0.727 bits per heavy atom. The van der Waals surface area contributed by atoms with Gasteiger partial charge in [-0.2, -0.15) is 0 Å². The lowest BCUT2D eigenvalue weighted by atomic mass is 10.0. The Kier molecular flexibility index (Phi) is 3.17. The summed E-state index contributed by atoms with van der Waals surface area (Å²) in [6.45, 7) is 0. The molecule has 2 nitrogen and oxygen atoms in total. The lowest BCUT2D eigenvalue weighted by Crippen LogP contribution is -1.78. The van der Waals surface area contributed by atoms with Crippen LogP contribution in [0.2, 0.25) is 5.02 Å². The van der Waals surface area contributed by atoms with Crippen LogP contribution in [0.5, 0.6) is 0 Å². The number of aromatic nitrogens is 1. The van der Waals surface area contributed by atoms with Crippen molar-refractivity contribution in [1.82, 2.24) is 5.16 Å². The molecule has 0 bridgehead atoms. The highest BCUT2D eigenvalue weighted by Crippen LogP contribution is 2.32. The largest absolute Gasteiger partial charge is 0.355 e. The van der Waals surface area contributed by atoms with E-state index < -0.39 is 0 Å². The molecule has 0 radical (unpaired) electrons. The van der Waals surface area contributed by atoms with Gasteiger partial charge in [0, 0.05) is 16.0 Å². The van der Waals surface area contributed by atoms with Crippen molar-refractivity contribution < 1.29 is 4.52 Å². The van der Waals surface area contributed by atoms with Crippen molar-refractivity contribution in [3.63, 3.8) is 0 Å². The van der Waals surface area contributed by atoms with Crippen molar-refractivity contribution in [2.45, 2.75) is 0 Å². The molecular formula is C19H12ClNO. The van der Waals surface area contributed by atoms with Crippen LogP contribution in [0, 0.1) is 0 Å². The Hall–Kier alpha value is -2.58. The van der Waals surface area contributed by atoms with E-state index in [9.17, 15) is 0 Å². The normalized spacial score (nSPS) is 11.0. The molecule has 1 aromatic heterocycles. The van der Waals surface area contributed by atoms with Gasteiger partial charge in [0.05, 0.1) is 0 Å². The molecule has 0 atom stereocenters. The predicted octanol–water partition coefficient (Wildman–Crippen LogP) is 5.82. The number of fused-ring (bicyclic) bond motifs is 1. The summed E-state index contributed by atoms with van der Waals surface area (Å²) in [5.41, 5.74) is 4.12. The molecule has 0 amide bonds. The SMILES string of the molecule is Clc1ccc(-c2onc3cc(-c4ccccc4)ccc23)cc1. The van der Waals surface area contributed by atoms with Gasteiger partial charge in [-0.15, -0.1) is 0 Å². The van der Waals surface area contributed by atoms with E-state index in [2.05, 4.69) is 29.4 Å². The minimum Gasteiger partial charge on any atom is -0.355 e. The van der Waals surface area contributed by atoms with E-state index in [1.54, 1.807) is 0 Å². The number of hydrogen-bond donors (Lipinski definition) is 0. The summed E-state index contributed by atoms with van der Waals surface area (Å²) in [5.74, 6) is 0.770. The molecule has 4 rings (SSSR count). The highest BCUT2D eigenvalue weighted by molar-refractivity contribution is 6.30. The van der Waals surface area contributed by atoms with Gasteiger partial charge in [0.1, 0.15) is 5.52 Å². The van der Waals surface area contributed by atoms with Gasteiger partial charge in [-0.3, -0.25) is 0 Å². The smallest absolute Gasteiger partial charge is 0.174 e. The molecule has 0 aliphatic heterocycles. The second-order valence-electron chi connectivity index (χ2n) is 5.12. The molecule has 0 N–H and O–H groups in total. The van der Waals surface area contributed by atoms with Crippen molar-refractivity contribution in [3.8, 4) is 22.5 Å². The summed E-state index contributed by atoms with van der Waals surface area (Å²) in [6, 6.07) is 24.0. The first-order valence-corrected chi connectivity index (χ1v) is 7.40. The zero-order chi connectivity index (χ0) is 14.9. The second-order valence-corrected chi connectivity index (χ2v) is 5.55. The molecule has 1 heterocycles. The first kappa shape index (κ1) is 13.1. The van der Waals surface area contributed by atoms with Gasteiger partial charge in [-0.05, 0) is 47.5 Å². The van der Waals surface area contributed by atoms with Crippen LogP contribution in [0.25, 0.3) is 33.4 Å². The maximum atomic E-state index is 5.93. The fourth-order valence-electron chi connectivity index (χ4n) is 2.56. The molecule has 4 aromatic rings. The Morgan fingerprint density at radius 2 is 1.45 bits per heavy atom. The van der Waals surface area contributed by atoms with E-state index in [-0.39, 0.29) is 0 Å². The van der Waals surface area contributed by atoms with Crippen molar-refractivity contribution in [3.05, 3.63) is 77.8 Å². The fraction of sp³-hybridized carbons (Fsp3) is 0. The zero-order valence-corrected chi connectivity index (χ0v) is 12.4. The number of halogens is 1. The highest BCUT2D eigenvalue weighted by atomic mass is 35.5. The summed E-state index contributed by atoms with van der Waals surface area (Å²) < 4.78 is 5.54. The number of nitrogens with zero attached hydrogens (tertiary/aromatic N) is 1. The van der Waals surface area contributed by atoms with Crippen molar-refractivity contribution in [1.29, 1.82) is 0 Å². The molecule has 0 fully saturated rings. The Bertz CT molecular complexity index is 927. The average Bonchev–Trinajstić information content (AvgIpc) is 2.99. The van der Waals surface area contributed by atoms with Crippen LogP contribution in [-0.2, 0) is 0 Å². The molecule has 3 aromatic carbocycles. The summed E-state index contributed by atoms with van der Waals surface area (Å²) in [5, 5.41) is 5.90. The maximum Gasteiger partial charge on any atom is 0.174 e. The van der Waals surface area contributed by atoms with Gasteiger partial charge in [0.2, 0.25) is 0 Å². The molecular weight excluding hydrogens is 294 g/mol. The molecule has 0 saturated heterocycles. The lowest BCUT2D eigenvalue weighted by molar-refractivity contribution is 0.441. The van der Waals surface area contributed by atoms with Crippen LogP contribution in [-0.4, -0.2) is 5.16 Å². The Morgan fingerprint density at radius 3 is 2.23 bits per heavy atom. The van der Waals surface area contributed by atoms with E-state index in [4.69, 9.17) is 16.1 Å². The van der Waals surface area contributed by atoms with E-state index in [1.807, 2.05) is 48.5 Å². The molecule has 0 aliphatic rings. The van der Waals surface area contributed by atoms with Crippen molar-refractivity contribution in [2.24, 2.45) is 0 Å². The minimum absolute atomic E-state index is 0.707. The summed E-state index contributed by atoms with van der Waals surface area (Å²) in [6.07, 6.45) is 0. The highest BCUT2D eigenvalue weighted by Gasteiger charge is 2.11. The molecule has 3 heteroatoms. The third-order valence-electron chi connectivity index (χ3n) is 3.69. The fourth-order valence-corrected chi connectivity index (χ4v) is 2.69. The van der Waals surface area contributed by atoms with E-state index in [0.717, 1.165) is 27.8 Å². The number of rotatable bonds is 2. The Labute approximate surface area is 132 Å². The van der Waals surface area contributed by atoms with Crippen molar-refractivity contribution in [2.75, 3.05) is 0 Å². The van der Waals surface area contributed by atoms with Crippen LogP contribution in [0.15, 0.2) is 77.3 Å². The van der Waals surface area contributed by atoms with Crippen LogP contribution in [0.1, 0.15) is 0 Å². The zero-order valence-electron chi connectivity index (χ0n) is 11.7. The molecule has 0 aliphatic carbocycles. The predicted molar refractivity (Wildman–Crippen MR) is 89.9 cm³/mol. The lowest BCUT2D eigenvalue weighted by Gasteiger charge is -2.01.